The smallest absolute Gasteiger partial charge is 0.277 e. The number of ether oxygens (including phenoxy) is 1. The second kappa shape index (κ2) is 8.41. The minimum absolute atomic E-state index is 0.259. The molecule has 0 unspecified atom stereocenters. The number of nitrogens with zero attached hydrogens (tertiary/aromatic N) is 1. The molecular weight excluding hydrogens is 395 g/mol. The Hall–Kier alpha value is -2.27. The number of benzene rings is 3. The SMILES string of the molecule is O=C(COc1cc(Cl)c(Cl)cc1Cl)N/N=C/c1cccc2ccccc12. The fourth-order valence-electron chi connectivity index (χ4n) is 2.33. The van der Waals surface area contributed by atoms with E-state index in [1.807, 2.05) is 42.5 Å². The summed E-state index contributed by atoms with van der Waals surface area (Å²) in [6.07, 6.45) is 1.59. The van der Waals surface area contributed by atoms with Gasteiger partial charge in [0.25, 0.3) is 5.91 Å². The topological polar surface area (TPSA) is 50.7 Å². The van der Waals surface area contributed by atoms with Gasteiger partial charge < -0.3 is 4.74 Å². The largest absolute Gasteiger partial charge is 0.482 e. The van der Waals surface area contributed by atoms with Crippen molar-refractivity contribution in [1.29, 1.82) is 0 Å². The van der Waals surface area contributed by atoms with E-state index in [1.165, 1.54) is 12.1 Å². The lowest BCUT2D eigenvalue weighted by atomic mass is 10.1. The maximum absolute atomic E-state index is 11.9. The molecule has 0 aliphatic heterocycles. The molecule has 0 aromatic heterocycles. The molecule has 0 aliphatic rings. The Bertz CT molecular complexity index is 984. The second-order valence-corrected chi connectivity index (χ2v) is 6.57. The van der Waals surface area contributed by atoms with Gasteiger partial charge >= 0.3 is 0 Å². The summed E-state index contributed by atoms with van der Waals surface area (Å²) in [4.78, 5) is 11.9. The number of carbonyl (C=O) groups is 1. The molecule has 0 radical (unpaired) electrons. The molecule has 3 aromatic carbocycles. The molecule has 3 aromatic rings. The summed E-state index contributed by atoms with van der Waals surface area (Å²) in [5.41, 5.74) is 3.31. The fraction of sp³-hybridized carbons (Fsp3) is 0.0526. The first-order valence-corrected chi connectivity index (χ1v) is 8.75. The summed E-state index contributed by atoms with van der Waals surface area (Å²) < 4.78 is 5.35. The second-order valence-electron chi connectivity index (χ2n) is 5.35. The molecule has 0 bridgehead atoms. The van der Waals surface area contributed by atoms with Crippen molar-refractivity contribution in [3.63, 3.8) is 0 Å². The van der Waals surface area contributed by atoms with Crippen LogP contribution in [0.3, 0.4) is 0 Å². The first kappa shape index (κ1) is 18.5. The van der Waals surface area contributed by atoms with Gasteiger partial charge in [0.05, 0.1) is 21.3 Å². The van der Waals surface area contributed by atoms with Crippen molar-refractivity contribution in [2.24, 2.45) is 5.10 Å². The molecular formula is C19H13Cl3N2O2. The highest BCUT2D eigenvalue weighted by molar-refractivity contribution is 6.43. The lowest BCUT2D eigenvalue weighted by molar-refractivity contribution is -0.123. The Kier molecular flexibility index (Phi) is 5.99. The molecule has 132 valence electrons. The van der Waals surface area contributed by atoms with Crippen molar-refractivity contribution < 1.29 is 9.53 Å². The van der Waals surface area contributed by atoms with E-state index in [2.05, 4.69) is 10.5 Å². The van der Waals surface area contributed by atoms with E-state index in [-0.39, 0.29) is 17.4 Å². The third kappa shape index (κ3) is 4.47. The predicted molar refractivity (Wildman–Crippen MR) is 107 cm³/mol. The normalized spacial score (nSPS) is 11.0. The van der Waals surface area contributed by atoms with Crippen LogP contribution in [0.25, 0.3) is 10.8 Å². The van der Waals surface area contributed by atoms with Crippen LogP contribution in [0.2, 0.25) is 15.1 Å². The number of halogens is 3. The zero-order valence-electron chi connectivity index (χ0n) is 13.4. The van der Waals surface area contributed by atoms with Crippen LogP contribution >= 0.6 is 34.8 Å². The fourth-order valence-corrected chi connectivity index (χ4v) is 2.92. The van der Waals surface area contributed by atoms with Gasteiger partial charge in [-0.05, 0) is 16.8 Å². The van der Waals surface area contributed by atoms with E-state index in [9.17, 15) is 4.79 Å². The van der Waals surface area contributed by atoms with Crippen LogP contribution in [0.15, 0.2) is 59.7 Å². The summed E-state index contributed by atoms with van der Waals surface area (Å²) in [5, 5.41) is 6.99. The standard InChI is InChI=1S/C19H13Cl3N2O2/c20-15-8-17(22)18(9-16(15)21)26-11-19(25)24-23-10-13-6-3-5-12-4-1-2-7-14(12)13/h1-10H,11H2,(H,24,25)/b23-10+. The minimum atomic E-state index is -0.427. The number of amides is 1. The van der Waals surface area contributed by atoms with Gasteiger partial charge in [0, 0.05) is 11.6 Å². The first-order valence-electron chi connectivity index (χ1n) is 7.61. The lowest BCUT2D eigenvalue weighted by Crippen LogP contribution is -2.24. The van der Waals surface area contributed by atoms with Crippen LogP contribution in [0, 0.1) is 0 Å². The van der Waals surface area contributed by atoms with E-state index in [4.69, 9.17) is 39.5 Å². The van der Waals surface area contributed by atoms with Crippen LogP contribution in [0.4, 0.5) is 0 Å². The van der Waals surface area contributed by atoms with E-state index >= 15 is 0 Å². The van der Waals surface area contributed by atoms with E-state index < -0.39 is 5.91 Å². The van der Waals surface area contributed by atoms with Crippen LogP contribution in [0.5, 0.6) is 5.75 Å². The molecule has 1 amide bonds. The van der Waals surface area contributed by atoms with Crippen LogP contribution < -0.4 is 10.2 Å². The van der Waals surface area contributed by atoms with Gasteiger partial charge in [0.15, 0.2) is 6.61 Å². The van der Waals surface area contributed by atoms with Gasteiger partial charge in [-0.15, -0.1) is 0 Å². The summed E-state index contributed by atoms with van der Waals surface area (Å²) in [6.45, 7) is -0.259. The van der Waals surface area contributed by atoms with Crippen molar-refractivity contribution in [3.8, 4) is 5.75 Å². The molecule has 0 saturated carbocycles. The first-order chi connectivity index (χ1) is 12.5. The minimum Gasteiger partial charge on any atom is -0.482 e. The molecule has 0 spiro atoms. The van der Waals surface area contributed by atoms with Gasteiger partial charge in [0.1, 0.15) is 5.75 Å². The van der Waals surface area contributed by atoms with Crippen LogP contribution in [-0.4, -0.2) is 18.7 Å². The number of hydrogen-bond donors (Lipinski definition) is 1. The number of hydrazone groups is 1. The Morgan fingerprint density at radius 3 is 2.58 bits per heavy atom. The molecule has 0 aliphatic carbocycles. The van der Waals surface area contributed by atoms with Gasteiger partial charge in [-0.1, -0.05) is 77.3 Å². The van der Waals surface area contributed by atoms with Gasteiger partial charge in [-0.3, -0.25) is 4.79 Å². The highest BCUT2D eigenvalue weighted by atomic mass is 35.5. The summed E-state index contributed by atoms with van der Waals surface area (Å²) in [7, 11) is 0. The van der Waals surface area contributed by atoms with Crippen molar-refractivity contribution in [1.82, 2.24) is 5.43 Å². The number of nitrogens with one attached hydrogen (secondary N) is 1. The number of carbonyl (C=O) groups excluding carboxylic acids is 1. The predicted octanol–water partition coefficient (Wildman–Crippen LogP) is 5.33. The van der Waals surface area contributed by atoms with E-state index in [1.54, 1.807) is 6.21 Å². The van der Waals surface area contributed by atoms with Crippen molar-refractivity contribution >= 4 is 57.7 Å². The third-order valence-electron chi connectivity index (χ3n) is 3.55. The Labute approximate surface area is 165 Å². The highest BCUT2D eigenvalue weighted by Gasteiger charge is 2.09. The van der Waals surface area contributed by atoms with Crippen molar-refractivity contribution in [2.45, 2.75) is 0 Å². The zero-order chi connectivity index (χ0) is 18.5. The Balaban J connectivity index is 1.60. The lowest BCUT2D eigenvalue weighted by Gasteiger charge is -2.08. The van der Waals surface area contributed by atoms with E-state index in [0.717, 1.165) is 16.3 Å². The molecule has 1 N–H and O–H groups in total. The molecule has 0 fully saturated rings. The van der Waals surface area contributed by atoms with Gasteiger partial charge in [-0.2, -0.15) is 5.10 Å². The maximum Gasteiger partial charge on any atom is 0.277 e. The summed E-state index contributed by atoms with van der Waals surface area (Å²) in [6, 6.07) is 16.7. The number of hydrogen-bond acceptors (Lipinski definition) is 3. The quantitative estimate of drug-likeness (QED) is 0.353. The average molecular weight is 408 g/mol. The summed E-state index contributed by atoms with van der Waals surface area (Å²) in [5.74, 6) is -0.155. The van der Waals surface area contributed by atoms with Gasteiger partial charge in [-0.25, -0.2) is 5.43 Å². The molecule has 4 nitrogen and oxygen atoms in total. The highest BCUT2D eigenvalue weighted by Crippen LogP contribution is 2.33. The molecule has 26 heavy (non-hydrogen) atoms. The van der Waals surface area contributed by atoms with Crippen LogP contribution in [-0.2, 0) is 4.79 Å². The van der Waals surface area contributed by atoms with E-state index in [0.29, 0.717) is 10.0 Å². The monoisotopic (exact) mass is 406 g/mol. The average Bonchev–Trinajstić information content (AvgIpc) is 2.64. The number of rotatable bonds is 5. The molecule has 3 rings (SSSR count). The van der Waals surface area contributed by atoms with Crippen molar-refractivity contribution in [3.05, 3.63) is 75.2 Å². The van der Waals surface area contributed by atoms with Crippen LogP contribution in [0.1, 0.15) is 5.56 Å². The Morgan fingerprint density at radius 1 is 1.00 bits per heavy atom. The molecule has 7 heteroatoms. The zero-order valence-corrected chi connectivity index (χ0v) is 15.6. The molecule has 0 atom stereocenters. The number of fused-ring (bicyclic) bond motifs is 1. The summed E-state index contributed by atoms with van der Waals surface area (Å²) >= 11 is 17.7. The third-order valence-corrected chi connectivity index (χ3v) is 4.57. The maximum atomic E-state index is 11.9. The van der Waals surface area contributed by atoms with Crippen molar-refractivity contribution in [2.75, 3.05) is 6.61 Å². The molecule has 0 heterocycles. The molecule has 0 saturated heterocycles. The van der Waals surface area contributed by atoms with Gasteiger partial charge in [0.2, 0.25) is 0 Å². The Morgan fingerprint density at radius 2 is 1.73 bits per heavy atom.